The van der Waals surface area contributed by atoms with Crippen molar-refractivity contribution in [3.05, 3.63) is 64.2 Å². The first-order chi connectivity index (χ1) is 11.8. The maximum absolute atomic E-state index is 12.5. The van der Waals surface area contributed by atoms with Gasteiger partial charge in [-0.2, -0.15) is 0 Å². The first-order valence-electron chi connectivity index (χ1n) is 7.88. The predicted octanol–water partition coefficient (Wildman–Crippen LogP) is 3.18. The summed E-state index contributed by atoms with van der Waals surface area (Å²) in [6.07, 6.45) is 1.000. The molecule has 0 saturated carbocycles. The molecule has 0 aliphatic heterocycles. The van der Waals surface area contributed by atoms with Crippen molar-refractivity contribution in [1.29, 1.82) is 0 Å². The highest BCUT2D eigenvalue weighted by Crippen LogP contribution is 2.30. The molecule has 2 aromatic carbocycles. The number of hydrogen-bond donors (Lipinski definition) is 2. The Morgan fingerprint density at radius 1 is 1.20 bits per heavy atom. The molecule has 2 aromatic rings. The molecule has 2 unspecified atom stereocenters. The molecule has 0 fully saturated rings. The van der Waals surface area contributed by atoms with Gasteiger partial charge in [0.2, 0.25) is 10.0 Å². The maximum Gasteiger partial charge on any atom is 0.307 e. The third kappa shape index (κ3) is 3.86. The van der Waals surface area contributed by atoms with Crippen LogP contribution < -0.4 is 4.72 Å². The van der Waals surface area contributed by atoms with Crippen LogP contribution in [-0.4, -0.2) is 19.5 Å². The molecule has 0 heterocycles. The molecule has 2 N–H and O–H groups in total. The van der Waals surface area contributed by atoms with Crippen LogP contribution in [0.25, 0.3) is 0 Å². The minimum absolute atomic E-state index is 0.110. The number of rotatable bonds is 5. The SMILES string of the molecule is CC(NS(=O)(=O)c1cccc(Cl)c1)c1ccc2c(c1)CC(C(=O)O)C2. The van der Waals surface area contributed by atoms with Crippen molar-refractivity contribution >= 4 is 27.6 Å². The Labute approximate surface area is 151 Å². The molecule has 0 amide bonds. The highest BCUT2D eigenvalue weighted by molar-refractivity contribution is 7.89. The zero-order valence-corrected chi connectivity index (χ0v) is 15.1. The summed E-state index contributed by atoms with van der Waals surface area (Å²) in [7, 11) is -3.70. The quantitative estimate of drug-likeness (QED) is 0.835. The van der Waals surface area contributed by atoms with Gasteiger partial charge in [-0.25, -0.2) is 13.1 Å². The van der Waals surface area contributed by atoms with Crippen LogP contribution in [0.1, 0.15) is 29.7 Å². The van der Waals surface area contributed by atoms with Gasteiger partial charge in [0, 0.05) is 11.1 Å². The van der Waals surface area contributed by atoms with Crippen LogP contribution in [0.5, 0.6) is 0 Å². The largest absolute Gasteiger partial charge is 0.481 e. The summed E-state index contributed by atoms with van der Waals surface area (Å²) in [5.41, 5.74) is 2.79. The lowest BCUT2D eigenvalue weighted by molar-refractivity contribution is -0.141. The third-order valence-electron chi connectivity index (χ3n) is 4.45. The van der Waals surface area contributed by atoms with Gasteiger partial charge in [-0.3, -0.25) is 4.79 Å². The first-order valence-corrected chi connectivity index (χ1v) is 9.75. The zero-order chi connectivity index (χ0) is 18.2. The number of hydrogen-bond acceptors (Lipinski definition) is 3. The number of carboxylic acids is 1. The number of halogens is 1. The fourth-order valence-corrected chi connectivity index (χ4v) is 4.62. The van der Waals surface area contributed by atoms with E-state index in [-0.39, 0.29) is 4.90 Å². The average molecular weight is 380 g/mol. The van der Waals surface area contributed by atoms with Crippen molar-refractivity contribution in [2.24, 2.45) is 5.92 Å². The van der Waals surface area contributed by atoms with E-state index in [4.69, 9.17) is 16.7 Å². The number of carboxylic acid groups (broad SMARTS) is 1. The fourth-order valence-electron chi connectivity index (χ4n) is 3.09. The monoisotopic (exact) mass is 379 g/mol. The Bertz CT molecular complexity index is 926. The lowest BCUT2D eigenvalue weighted by Crippen LogP contribution is -2.27. The molecule has 3 rings (SSSR count). The number of benzene rings is 2. The molecule has 0 spiro atoms. The Morgan fingerprint density at radius 3 is 2.60 bits per heavy atom. The van der Waals surface area contributed by atoms with E-state index in [0.29, 0.717) is 17.9 Å². The van der Waals surface area contributed by atoms with Crippen molar-refractivity contribution in [2.45, 2.75) is 30.7 Å². The van der Waals surface area contributed by atoms with Crippen LogP contribution in [0.4, 0.5) is 0 Å². The molecule has 132 valence electrons. The number of aliphatic carboxylic acids is 1. The smallest absolute Gasteiger partial charge is 0.307 e. The number of carbonyl (C=O) groups is 1. The molecule has 0 radical (unpaired) electrons. The highest BCUT2D eigenvalue weighted by atomic mass is 35.5. The topological polar surface area (TPSA) is 83.5 Å². The predicted molar refractivity (Wildman–Crippen MR) is 95.2 cm³/mol. The van der Waals surface area contributed by atoms with Crippen molar-refractivity contribution in [3.8, 4) is 0 Å². The second kappa shape index (κ2) is 6.78. The summed E-state index contributed by atoms with van der Waals surface area (Å²) in [5.74, 6) is -1.20. The van der Waals surface area contributed by atoms with Gasteiger partial charge in [0.25, 0.3) is 0 Å². The summed E-state index contributed by atoms with van der Waals surface area (Å²) >= 11 is 5.87. The minimum Gasteiger partial charge on any atom is -0.481 e. The van der Waals surface area contributed by atoms with E-state index in [1.165, 1.54) is 12.1 Å². The molecule has 0 bridgehead atoms. The Balaban J connectivity index is 1.80. The molecule has 5 nitrogen and oxygen atoms in total. The van der Waals surface area contributed by atoms with Crippen LogP contribution in [-0.2, 0) is 27.7 Å². The van der Waals surface area contributed by atoms with E-state index in [1.807, 2.05) is 18.2 Å². The minimum atomic E-state index is -3.70. The van der Waals surface area contributed by atoms with Gasteiger partial charge in [0.05, 0.1) is 10.8 Å². The highest BCUT2D eigenvalue weighted by Gasteiger charge is 2.28. The van der Waals surface area contributed by atoms with E-state index in [1.54, 1.807) is 19.1 Å². The zero-order valence-electron chi connectivity index (χ0n) is 13.6. The van der Waals surface area contributed by atoms with Crippen molar-refractivity contribution in [3.63, 3.8) is 0 Å². The summed E-state index contributed by atoms with van der Waals surface area (Å²) in [6.45, 7) is 1.76. The van der Waals surface area contributed by atoms with Gasteiger partial charge in [0.15, 0.2) is 0 Å². The number of sulfonamides is 1. The van der Waals surface area contributed by atoms with Gasteiger partial charge in [-0.15, -0.1) is 0 Å². The average Bonchev–Trinajstić information content (AvgIpc) is 2.98. The lowest BCUT2D eigenvalue weighted by atomic mass is 10.0. The second-order valence-electron chi connectivity index (χ2n) is 6.27. The van der Waals surface area contributed by atoms with Crippen LogP contribution in [0.3, 0.4) is 0 Å². The summed E-state index contributed by atoms with van der Waals surface area (Å²) < 4.78 is 27.6. The standard InChI is InChI=1S/C18H18ClNO4S/c1-11(20-25(23,24)17-4-2-3-16(19)10-17)12-5-6-13-8-15(18(21)22)9-14(13)7-12/h2-7,10-11,15,20H,8-9H2,1H3,(H,21,22). The summed E-state index contributed by atoms with van der Waals surface area (Å²) in [4.78, 5) is 11.3. The number of nitrogens with one attached hydrogen (secondary N) is 1. The maximum atomic E-state index is 12.5. The van der Waals surface area contributed by atoms with Crippen molar-refractivity contribution in [2.75, 3.05) is 0 Å². The summed E-state index contributed by atoms with van der Waals surface area (Å²) in [5, 5.41) is 9.52. The Hall–Kier alpha value is -1.89. The van der Waals surface area contributed by atoms with Gasteiger partial charge in [0.1, 0.15) is 0 Å². The van der Waals surface area contributed by atoms with E-state index in [2.05, 4.69) is 4.72 Å². The molecular formula is C18H18ClNO4S. The van der Waals surface area contributed by atoms with Gasteiger partial charge in [-0.1, -0.05) is 35.9 Å². The molecule has 25 heavy (non-hydrogen) atoms. The normalized spacial score (nSPS) is 17.9. The Kier molecular flexibility index (Phi) is 4.86. The van der Waals surface area contributed by atoms with E-state index in [9.17, 15) is 13.2 Å². The van der Waals surface area contributed by atoms with E-state index < -0.39 is 28.0 Å². The van der Waals surface area contributed by atoms with Crippen LogP contribution in [0, 0.1) is 5.92 Å². The molecule has 0 saturated heterocycles. The van der Waals surface area contributed by atoms with Crippen molar-refractivity contribution < 1.29 is 18.3 Å². The molecule has 1 aliphatic carbocycles. The molecule has 2 atom stereocenters. The second-order valence-corrected chi connectivity index (χ2v) is 8.42. The summed E-state index contributed by atoms with van der Waals surface area (Å²) in [6, 6.07) is 11.3. The lowest BCUT2D eigenvalue weighted by Gasteiger charge is -2.16. The van der Waals surface area contributed by atoms with Gasteiger partial charge < -0.3 is 5.11 Å². The third-order valence-corrected chi connectivity index (χ3v) is 6.22. The molecule has 7 heteroatoms. The molecule has 0 aromatic heterocycles. The first kappa shape index (κ1) is 17.9. The Morgan fingerprint density at radius 2 is 1.92 bits per heavy atom. The van der Waals surface area contributed by atoms with Gasteiger partial charge in [-0.05, 0) is 54.7 Å². The molecular weight excluding hydrogens is 362 g/mol. The van der Waals surface area contributed by atoms with Crippen LogP contribution in [0.2, 0.25) is 5.02 Å². The molecule has 1 aliphatic rings. The van der Waals surface area contributed by atoms with Gasteiger partial charge >= 0.3 is 5.97 Å². The van der Waals surface area contributed by atoms with E-state index >= 15 is 0 Å². The van der Waals surface area contributed by atoms with Crippen LogP contribution >= 0.6 is 11.6 Å². The number of fused-ring (bicyclic) bond motifs is 1. The van der Waals surface area contributed by atoms with E-state index in [0.717, 1.165) is 16.7 Å². The van der Waals surface area contributed by atoms with Crippen LogP contribution in [0.15, 0.2) is 47.4 Å². The fraction of sp³-hybridized carbons (Fsp3) is 0.278. The van der Waals surface area contributed by atoms with Crippen molar-refractivity contribution in [1.82, 2.24) is 4.72 Å².